The molecule has 0 spiro atoms. The number of halogens is 1. The molecular formula is C21H22ClN3O. The fraction of sp³-hybridized carbons (Fsp3) is 0.238. The van der Waals surface area contributed by atoms with E-state index in [4.69, 9.17) is 11.6 Å². The van der Waals surface area contributed by atoms with Crippen molar-refractivity contribution in [2.75, 3.05) is 11.9 Å². The number of amides is 1. The lowest BCUT2D eigenvalue weighted by atomic mass is 10.0. The first-order chi connectivity index (χ1) is 12.5. The van der Waals surface area contributed by atoms with Crippen molar-refractivity contribution in [1.82, 2.24) is 5.32 Å². The number of carbonyl (C=O) groups excluding carboxylic acids is 1. The molecule has 0 fully saturated rings. The van der Waals surface area contributed by atoms with Crippen LogP contribution in [0.25, 0.3) is 0 Å². The highest BCUT2D eigenvalue weighted by molar-refractivity contribution is 6.30. The van der Waals surface area contributed by atoms with Crippen LogP contribution in [-0.2, 0) is 11.2 Å². The monoisotopic (exact) mass is 367 g/mol. The molecule has 0 aliphatic carbocycles. The van der Waals surface area contributed by atoms with Crippen LogP contribution in [0, 0.1) is 11.3 Å². The SMILES string of the molecule is CC(C)c1ccccc1NC(=O)/C(C#N)=C\NCCc1cccc(Cl)c1. The number of para-hydroxylation sites is 1. The lowest BCUT2D eigenvalue weighted by Crippen LogP contribution is -2.18. The zero-order chi connectivity index (χ0) is 18.9. The Morgan fingerprint density at radius 3 is 2.69 bits per heavy atom. The number of benzene rings is 2. The number of nitrogens with zero attached hydrogens (tertiary/aromatic N) is 1. The van der Waals surface area contributed by atoms with Gasteiger partial charge in [0, 0.05) is 23.5 Å². The number of nitriles is 1. The van der Waals surface area contributed by atoms with E-state index >= 15 is 0 Å². The Labute approximate surface area is 159 Å². The molecule has 0 aliphatic heterocycles. The van der Waals surface area contributed by atoms with Crippen LogP contribution in [-0.4, -0.2) is 12.5 Å². The lowest BCUT2D eigenvalue weighted by Gasteiger charge is -2.13. The van der Waals surface area contributed by atoms with Crippen LogP contribution in [0.2, 0.25) is 5.02 Å². The maximum atomic E-state index is 12.4. The van der Waals surface area contributed by atoms with Crippen molar-refractivity contribution in [2.24, 2.45) is 0 Å². The van der Waals surface area contributed by atoms with Crippen molar-refractivity contribution in [3.05, 3.63) is 76.5 Å². The van der Waals surface area contributed by atoms with Gasteiger partial charge in [0.1, 0.15) is 11.6 Å². The summed E-state index contributed by atoms with van der Waals surface area (Å²) in [5.41, 5.74) is 2.89. The molecule has 2 aromatic rings. The van der Waals surface area contributed by atoms with Crippen LogP contribution in [0.4, 0.5) is 5.69 Å². The van der Waals surface area contributed by atoms with Gasteiger partial charge in [0.05, 0.1) is 0 Å². The van der Waals surface area contributed by atoms with Crippen molar-refractivity contribution in [3.63, 3.8) is 0 Å². The number of nitrogens with one attached hydrogen (secondary N) is 2. The highest BCUT2D eigenvalue weighted by Crippen LogP contribution is 2.24. The third-order valence-corrected chi connectivity index (χ3v) is 4.12. The summed E-state index contributed by atoms with van der Waals surface area (Å²) in [4.78, 5) is 12.4. The van der Waals surface area contributed by atoms with Gasteiger partial charge >= 0.3 is 0 Å². The molecule has 2 aromatic carbocycles. The largest absolute Gasteiger partial charge is 0.389 e. The van der Waals surface area contributed by atoms with E-state index in [-0.39, 0.29) is 11.5 Å². The van der Waals surface area contributed by atoms with E-state index in [1.165, 1.54) is 6.20 Å². The van der Waals surface area contributed by atoms with Crippen LogP contribution >= 0.6 is 11.6 Å². The zero-order valence-electron chi connectivity index (χ0n) is 14.9. The van der Waals surface area contributed by atoms with Crippen molar-refractivity contribution >= 4 is 23.2 Å². The standard InChI is InChI=1S/C21H22ClN3O/c1-15(2)19-8-3-4-9-20(19)25-21(26)17(13-23)14-24-11-10-16-6-5-7-18(22)12-16/h3-9,12,14-15,24H,10-11H2,1-2H3,(H,25,26)/b17-14-. The van der Waals surface area contributed by atoms with Gasteiger partial charge < -0.3 is 10.6 Å². The Morgan fingerprint density at radius 1 is 1.23 bits per heavy atom. The van der Waals surface area contributed by atoms with E-state index in [1.807, 2.05) is 54.6 Å². The minimum absolute atomic E-state index is 0.0367. The molecule has 0 saturated carbocycles. The van der Waals surface area contributed by atoms with Gasteiger partial charge in [-0.15, -0.1) is 0 Å². The van der Waals surface area contributed by atoms with Crippen LogP contribution in [0.1, 0.15) is 30.9 Å². The first-order valence-electron chi connectivity index (χ1n) is 8.49. The Hall–Kier alpha value is -2.77. The molecule has 26 heavy (non-hydrogen) atoms. The molecule has 0 bridgehead atoms. The molecule has 4 nitrogen and oxygen atoms in total. The zero-order valence-corrected chi connectivity index (χ0v) is 15.7. The summed E-state index contributed by atoms with van der Waals surface area (Å²) in [6.45, 7) is 4.72. The van der Waals surface area contributed by atoms with E-state index in [0.717, 1.165) is 23.2 Å². The molecule has 0 aromatic heterocycles. The lowest BCUT2D eigenvalue weighted by molar-refractivity contribution is -0.112. The summed E-state index contributed by atoms with van der Waals surface area (Å²) < 4.78 is 0. The van der Waals surface area contributed by atoms with Gasteiger partial charge in [0.25, 0.3) is 5.91 Å². The molecule has 0 atom stereocenters. The molecule has 0 radical (unpaired) electrons. The fourth-order valence-electron chi connectivity index (χ4n) is 2.54. The number of anilines is 1. The maximum absolute atomic E-state index is 12.4. The van der Waals surface area contributed by atoms with E-state index in [2.05, 4.69) is 24.5 Å². The Kier molecular flexibility index (Phi) is 7.25. The quantitative estimate of drug-likeness (QED) is 0.425. The summed E-state index contributed by atoms with van der Waals surface area (Å²) in [5.74, 6) is -0.146. The van der Waals surface area contributed by atoms with E-state index < -0.39 is 5.91 Å². The molecule has 2 N–H and O–H groups in total. The summed E-state index contributed by atoms with van der Waals surface area (Å²) in [5, 5.41) is 15.8. The number of rotatable bonds is 7. The van der Waals surface area contributed by atoms with Crippen molar-refractivity contribution in [2.45, 2.75) is 26.2 Å². The molecule has 134 valence electrons. The van der Waals surface area contributed by atoms with Gasteiger partial charge in [-0.2, -0.15) is 5.26 Å². The first-order valence-corrected chi connectivity index (χ1v) is 8.87. The van der Waals surface area contributed by atoms with Gasteiger partial charge in [-0.3, -0.25) is 4.79 Å². The topological polar surface area (TPSA) is 64.9 Å². The second kappa shape index (κ2) is 9.65. The summed E-state index contributed by atoms with van der Waals surface area (Å²) in [6.07, 6.45) is 2.20. The fourth-order valence-corrected chi connectivity index (χ4v) is 2.75. The summed E-state index contributed by atoms with van der Waals surface area (Å²) in [7, 11) is 0. The highest BCUT2D eigenvalue weighted by Gasteiger charge is 2.12. The van der Waals surface area contributed by atoms with E-state index in [1.54, 1.807) is 0 Å². The molecule has 2 rings (SSSR count). The van der Waals surface area contributed by atoms with Crippen LogP contribution < -0.4 is 10.6 Å². The van der Waals surface area contributed by atoms with Gasteiger partial charge in [-0.25, -0.2) is 0 Å². The highest BCUT2D eigenvalue weighted by atomic mass is 35.5. The van der Waals surface area contributed by atoms with Crippen molar-refractivity contribution in [1.29, 1.82) is 5.26 Å². The summed E-state index contributed by atoms with van der Waals surface area (Å²) in [6, 6.07) is 17.2. The predicted molar refractivity (Wildman–Crippen MR) is 106 cm³/mol. The van der Waals surface area contributed by atoms with E-state index in [0.29, 0.717) is 11.6 Å². The third kappa shape index (κ3) is 5.65. The van der Waals surface area contributed by atoms with E-state index in [9.17, 15) is 10.1 Å². The average Bonchev–Trinajstić information content (AvgIpc) is 2.62. The smallest absolute Gasteiger partial charge is 0.267 e. The first kappa shape index (κ1) is 19.6. The maximum Gasteiger partial charge on any atom is 0.267 e. The molecule has 0 saturated heterocycles. The number of hydrogen-bond donors (Lipinski definition) is 2. The average molecular weight is 368 g/mol. The third-order valence-electron chi connectivity index (χ3n) is 3.89. The molecule has 5 heteroatoms. The number of carbonyl (C=O) groups is 1. The molecule has 1 amide bonds. The van der Waals surface area contributed by atoms with Crippen molar-refractivity contribution in [3.8, 4) is 6.07 Å². The van der Waals surface area contributed by atoms with Crippen molar-refractivity contribution < 1.29 is 4.79 Å². The minimum atomic E-state index is -0.421. The van der Waals surface area contributed by atoms with Crippen LogP contribution in [0.3, 0.4) is 0 Å². The molecule has 0 unspecified atom stereocenters. The summed E-state index contributed by atoms with van der Waals surface area (Å²) >= 11 is 5.96. The van der Waals surface area contributed by atoms with Gasteiger partial charge in [0.2, 0.25) is 0 Å². The molecular weight excluding hydrogens is 346 g/mol. The second-order valence-electron chi connectivity index (χ2n) is 6.20. The predicted octanol–water partition coefficient (Wildman–Crippen LogP) is 4.64. The van der Waals surface area contributed by atoms with Gasteiger partial charge in [0.15, 0.2) is 0 Å². The Morgan fingerprint density at radius 2 is 2.00 bits per heavy atom. The molecule has 0 aliphatic rings. The molecule has 0 heterocycles. The minimum Gasteiger partial charge on any atom is -0.389 e. The normalized spacial score (nSPS) is 11.1. The van der Waals surface area contributed by atoms with Crippen LogP contribution in [0.15, 0.2) is 60.3 Å². The van der Waals surface area contributed by atoms with Gasteiger partial charge in [-0.05, 0) is 41.7 Å². The van der Waals surface area contributed by atoms with Gasteiger partial charge in [-0.1, -0.05) is 55.8 Å². The number of hydrogen-bond acceptors (Lipinski definition) is 3. The Bertz CT molecular complexity index is 837. The second-order valence-corrected chi connectivity index (χ2v) is 6.64. The van der Waals surface area contributed by atoms with Crippen LogP contribution in [0.5, 0.6) is 0 Å². The Balaban J connectivity index is 1.96.